The number of nitrogens with one attached hydrogen (secondary N) is 3. The van der Waals surface area contributed by atoms with Crippen LogP contribution in [0.4, 0.5) is 4.79 Å². The molecular weight excluding hydrogens is 622 g/mol. The maximum Gasteiger partial charge on any atom is 0.408 e. The van der Waals surface area contributed by atoms with Crippen LogP contribution >= 0.6 is 15.9 Å². The van der Waals surface area contributed by atoms with Crippen LogP contribution in [0.1, 0.15) is 80.2 Å². The fourth-order valence-electron chi connectivity index (χ4n) is 3.76. The van der Waals surface area contributed by atoms with Crippen molar-refractivity contribution in [3.05, 3.63) is 35.9 Å². The molecule has 1 aromatic carbocycles. The smallest absolute Gasteiger partial charge is 0.408 e. The molecule has 12 heteroatoms. The summed E-state index contributed by atoms with van der Waals surface area (Å²) in [5.74, 6) is -3.06. The second-order valence-corrected chi connectivity index (χ2v) is 13.2. The summed E-state index contributed by atoms with van der Waals surface area (Å²) < 4.78 is 10.6. The number of halogens is 1. The molecule has 240 valence electrons. The van der Waals surface area contributed by atoms with E-state index < -0.39 is 71.1 Å². The second kappa shape index (κ2) is 17.1. The molecule has 0 heterocycles. The minimum Gasteiger partial charge on any atom is -0.460 e. The zero-order valence-electron chi connectivity index (χ0n) is 26.4. The van der Waals surface area contributed by atoms with Gasteiger partial charge in [-0.3, -0.25) is 24.0 Å². The Balaban J connectivity index is 3.07. The highest BCUT2D eigenvalue weighted by Crippen LogP contribution is 2.19. The average Bonchev–Trinajstić information content (AvgIpc) is 2.90. The zero-order valence-corrected chi connectivity index (χ0v) is 28.0. The fraction of sp³-hybridized carbons (Fsp3) is 0.613. The summed E-state index contributed by atoms with van der Waals surface area (Å²) in [7, 11) is 0. The Morgan fingerprint density at radius 1 is 0.837 bits per heavy atom. The topological polar surface area (TPSA) is 157 Å². The minimum atomic E-state index is -1.19. The van der Waals surface area contributed by atoms with Crippen molar-refractivity contribution in [2.45, 2.75) is 105 Å². The summed E-state index contributed by atoms with van der Waals surface area (Å²) in [5, 5.41) is 7.60. The number of ether oxygens (including phenoxy) is 2. The van der Waals surface area contributed by atoms with Gasteiger partial charge >= 0.3 is 12.1 Å². The molecule has 3 atom stereocenters. The van der Waals surface area contributed by atoms with E-state index >= 15 is 0 Å². The van der Waals surface area contributed by atoms with Crippen molar-refractivity contribution < 1.29 is 38.2 Å². The number of benzene rings is 1. The van der Waals surface area contributed by atoms with Gasteiger partial charge in [0.15, 0.2) is 5.78 Å². The van der Waals surface area contributed by atoms with Gasteiger partial charge in [0.25, 0.3) is 0 Å². The molecule has 0 aliphatic rings. The summed E-state index contributed by atoms with van der Waals surface area (Å²) in [4.78, 5) is 76.9. The van der Waals surface area contributed by atoms with E-state index in [0.29, 0.717) is 0 Å². The average molecular weight is 669 g/mol. The number of carbonyl (C=O) groups excluding carboxylic acids is 6. The number of hydrogen-bond donors (Lipinski definition) is 3. The maximum absolute atomic E-state index is 13.4. The number of rotatable bonds is 15. The van der Waals surface area contributed by atoms with E-state index in [1.165, 1.54) is 0 Å². The third-order valence-electron chi connectivity index (χ3n) is 6.19. The van der Waals surface area contributed by atoms with Gasteiger partial charge in [-0.1, -0.05) is 80.9 Å². The first-order valence-electron chi connectivity index (χ1n) is 14.3. The van der Waals surface area contributed by atoms with E-state index in [0.717, 1.165) is 5.56 Å². The Bertz CT molecular complexity index is 1130. The number of carbonyl (C=O) groups is 6. The van der Waals surface area contributed by atoms with Crippen LogP contribution in [-0.2, 0) is 40.1 Å². The molecule has 3 amide bonds. The van der Waals surface area contributed by atoms with Crippen LogP contribution in [0, 0.1) is 11.3 Å². The van der Waals surface area contributed by atoms with E-state index in [-0.39, 0.29) is 30.6 Å². The molecule has 1 aromatic rings. The molecule has 3 unspecified atom stereocenters. The normalized spacial score (nSPS) is 13.7. The Morgan fingerprint density at radius 2 is 1.44 bits per heavy atom. The first-order chi connectivity index (χ1) is 19.8. The van der Waals surface area contributed by atoms with E-state index in [1.807, 2.05) is 6.07 Å². The van der Waals surface area contributed by atoms with Crippen molar-refractivity contribution in [1.29, 1.82) is 0 Å². The lowest BCUT2D eigenvalue weighted by atomic mass is 9.87. The number of ketones is 2. The van der Waals surface area contributed by atoms with Crippen LogP contribution in [0.3, 0.4) is 0 Å². The molecule has 43 heavy (non-hydrogen) atoms. The molecule has 0 saturated carbocycles. The molecule has 0 radical (unpaired) electrons. The van der Waals surface area contributed by atoms with Crippen molar-refractivity contribution in [3.63, 3.8) is 0 Å². The van der Waals surface area contributed by atoms with Gasteiger partial charge in [-0.15, -0.1) is 0 Å². The van der Waals surface area contributed by atoms with Crippen molar-refractivity contribution in [1.82, 2.24) is 16.0 Å². The molecule has 11 nitrogen and oxygen atoms in total. The van der Waals surface area contributed by atoms with Crippen LogP contribution in [0.25, 0.3) is 0 Å². The number of Topliss-reactive ketones (excluding diaryl/α,β-unsaturated/α-hetero) is 2. The quantitative estimate of drug-likeness (QED) is 0.187. The van der Waals surface area contributed by atoms with Gasteiger partial charge in [0.1, 0.15) is 30.1 Å². The first-order valence-corrected chi connectivity index (χ1v) is 15.4. The Morgan fingerprint density at radius 3 is 1.95 bits per heavy atom. The van der Waals surface area contributed by atoms with E-state index in [4.69, 9.17) is 9.47 Å². The summed E-state index contributed by atoms with van der Waals surface area (Å²) in [5.41, 5.74) is -0.687. The van der Waals surface area contributed by atoms with Gasteiger partial charge < -0.3 is 25.4 Å². The van der Waals surface area contributed by atoms with Gasteiger partial charge in [-0.2, -0.15) is 0 Å². The molecule has 0 aromatic heterocycles. The summed E-state index contributed by atoms with van der Waals surface area (Å²) in [6, 6.07) is 5.48. The van der Waals surface area contributed by atoms with Crippen LogP contribution in [-0.4, -0.2) is 64.5 Å². The van der Waals surface area contributed by atoms with E-state index in [2.05, 4.69) is 31.9 Å². The molecule has 1 rings (SSSR count). The lowest BCUT2D eigenvalue weighted by Crippen LogP contribution is -2.57. The number of alkyl halides is 1. The second-order valence-electron chi connectivity index (χ2n) is 12.7. The van der Waals surface area contributed by atoms with E-state index in [1.54, 1.807) is 79.7 Å². The minimum absolute atomic E-state index is 0.00317. The van der Waals surface area contributed by atoms with E-state index in [9.17, 15) is 28.8 Å². The lowest BCUT2D eigenvalue weighted by molar-refractivity contribution is -0.156. The van der Waals surface area contributed by atoms with Crippen LogP contribution < -0.4 is 16.0 Å². The predicted octanol–water partition coefficient (Wildman–Crippen LogP) is 4.00. The first kappa shape index (κ1) is 37.7. The fourth-order valence-corrected chi connectivity index (χ4v) is 4.16. The summed E-state index contributed by atoms with van der Waals surface area (Å²) in [6.07, 6.45) is -1.29. The largest absolute Gasteiger partial charge is 0.460 e. The molecule has 0 bridgehead atoms. The Kier molecular flexibility index (Phi) is 15.0. The standard InChI is InChI=1S/C31H46BrN3O8/c1-19(2)26(28(40)33-22(23(36)17-32)16-25(38)43-31(6,7)8)35-27(39)21(14-15-24(37)30(3,4)5)34-29(41)42-18-20-12-10-9-11-13-20/h9-13,19,21-22,26H,14-18H2,1-8H3,(H,33,40)(H,34,41)(H,35,39). The van der Waals surface area contributed by atoms with Gasteiger partial charge in [0.05, 0.1) is 17.8 Å². The molecule has 0 fully saturated rings. The molecule has 0 aliphatic heterocycles. The monoisotopic (exact) mass is 667 g/mol. The van der Waals surface area contributed by atoms with Gasteiger partial charge in [0.2, 0.25) is 11.8 Å². The summed E-state index contributed by atoms with van der Waals surface area (Å²) in [6.45, 7) is 13.7. The highest BCUT2D eigenvalue weighted by atomic mass is 79.9. The molecule has 0 aliphatic carbocycles. The number of esters is 1. The number of alkyl carbamates (subject to hydrolysis) is 1. The van der Waals surface area contributed by atoms with Crippen LogP contribution in [0.2, 0.25) is 0 Å². The molecule has 3 N–H and O–H groups in total. The van der Waals surface area contributed by atoms with Gasteiger partial charge in [-0.05, 0) is 38.7 Å². The molecule has 0 spiro atoms. The van der Waals surface area contributed by atoms with Crippen molar-refractivity contribution in [3.8, 4) is 0 Å². The third kappa shape index (κ3) is 14.6. The van der Waals surface area contributed by atoms with Crippen molar-refractivity contribution in [2.24, 2.45) is 11.3 Å². The lowest BCUT2D eigenvalue weighted by Gasteiger charge is -2.27. The molecule has 0 saturated heterocycles. The highest BCUT2D eigenvalue weighted by molar-refractivity contribution is 9.09. The Hall–Kier alpha value is -3.28. The summed E-state index contributed by atoms with van der Waals surface area (Å²) >= 11 is 3.07. The van der Waals surface area contributed by atoms with Crippen LogP contribution in [0.15, 0.2) is 30.3 Å². The van der Waals surface area contributed by atoms with Crippen molar-refractivity contribution in [2.75, 3.05) is 5.33 Å². The Labute approximate surface area is 262 Å². The highest BCUT2D eigenvalue weighted by Gasteiger charge is 2.33. The zero-order chi connectivity index (χ0) is 33.0. The predicted molar refractivity (Wildman–Crippen MR) is 165 cm³/mol. The SMILES string of the molecule is CC(C)C(NC(=O)C(CCC(=O)C(C)(C)C)NC(=O)OCc1ccccc1)C(=O)NC(CC(=O)OC(C)(C)C)C(=O)CBr. The third-order valence-corrected chi connectivity index (χ3v) is 6.75. The van der Waals surface area contributed by atoms with Crippen LogP contribution in [0.5, 0.6) is 0 Å². The number of amides is 3. The number of hydrogen-bond acceptors (Lipinski definition) is 8. The van der Waals surface area contributed by atoms with Gasteiger partial charge in [0, 0.05) is 11.8 Å². The van der Waals surface area contributed by atoms with Gasteiger partial charge in [-0.25, -0.2) is 4.79 Å². The molecular formula is C31H46BrN3O8. The maximum atomic E-state index is 13.4. The van der Waals surface area contributed by atoms with Crippen molar-refractivity contribution >= 4 is 51.4 Å².